The lowest BCUT2D eigenvalue weighted by molar-refractivity contribution is 0.115. The van der Waals surface area contributed by atoms with Crippen molar-refractivity contribution >= 4 is 0 Å². The van der Waals surface area contributed by atoms with E-state index in [1.54, 1.807) is 6.92 Å². The highest BCUT2D eigenvalue weighted by Crippen LogP contribution is 2.45. The summed E-state index contributed by atoms with van der Waals surface area (Å²) in [5.41, 5.74) is 5.95. The van der Waals surface area contributed by atoms with Gasteiger partial charge in [-0.15, -0.1) is 0 Å². The van der Waals surface area contributed by atoms with Crippen LogP contribution in [0.3, 0.4) is 0 Å². The Labute approximate surface area is 143 Å². The fourth-order valence-corrected chi connectivity index (χ4v) is 2.84. The van der Waals surface area contributed by atoms with E-state index in [0.717, 1.165) is 0 Å². The Morgan fingerprint density at radius 1 is 1.36 bits per heavy atom. The fourth-order valence-electron chi connectivity index (χ4n) is 2.84. The maximum atomic E-state index is 13.3. The molecule has 2 atom stereocenters. The third-order valence-electron chi connectivity index (χ3n) is 4.39. The largest absolute Gasteiger partial charge is 0.489 e. The van der Waals surface area contributed by atoms with E-state index in [1.165, 1.54) is 30.3 Å². The molecule has 1 aromatic carbocycles. The summed E-state index contributed by atoms with van der Waals surface area (Å²) in [5, 5.41) is 9.49. The standard InChI is InChI=1S/C18H16F3N3O/c1-18(8-23)9-25-16-13(18)6-14(12(7-22)17(20)21)24-15(16)10-2-4-11(19)5-3-10/h2-6,12,17H,7,9,22H2,1H3/t12?,18-/m0/s1. The van der Waals surface area contributed by atoms with E-state index in [0.29, 0.717) is 22.6 Å². The number of aromatic nitrogens is 1. The smallest absolute Gasteiger partial charge is 0.248 e. The number of nitrogens with two attached hydrogens (primary N) is 1. The molecule has 0 aliphatic carbocycles. The Kier molecular flexibility index (Phi) is 4.39. The lowest BCUT2D eigenvalue weighted by Gasteiger charge is -2.18. The SMILES string of the molecule is C[C@]1(C#N)COc2c1cc(C(CN)C(F)F)nc2-c1ccc(F)cc1. The summed E-state index contributed by atoms with van der Waals surface area (Å²) in [6.07, 6.45) is -2.69. The summed E-state index contributed by atoms with van der Waals surface area (Å²) in [7, 11) is 0. The van der Waals surface area contributed by atoms with Gasteiger partial charge in [0.25, 0.3) is 0 Å². The molecule has 2 heterocycles. The Morgan fingerprint density at radius 2 is 2.04 bits per heavy atom. The third kappa shape index (κ3) is 2.94. The highest BCUT2D eigenvalue weighted by Gasteiger charge is 2.40. The molecule has 25 heavy (non-hydrogen) atoms. The first-order valence-corrected chi connectivity index (χ1v) is 7.73. The molecule has 0 fully saturated rings. The van der Waals surface area contributed by atoms with Crippen LogP contribution in [0.5, 0.6) is 5.75 Å². The topological polar surface area (TPSA) is 71.9 Å². The first kappa shape index (κ1) is 17.2. The van der Waals surface area contributed by atoms with Crippen molar-refractivity contribution in [2.24, 2.45) is 5.73 Å². The van der Waals surface area contributed by atoms with Crippen LogP contribution in [0.25, 0.3) is 11.3 Å². The van der Waals surface area contributed by atoms with Crippen LogP contribution < -0.4 is 10.5 Å². The van der Waals surface area contributed by atoms with Crippen molar-refractivity contribution in [3.05, 3.63) is 47.4 Å². The van der Waals surface area contributed by atoms with Gasteiger partial charge in [-0.05, 0) is 37.3 Å². The second-order valence-electron chi connectivity index (χ2n) is 6.19. The quantitative estimate of drug-likeness (QED) is 0.920. The number of halogens is 3. The molecule has 0 spiro atoms. The number of rotatable bonds is 4. The van der Waals surface area contributed by atoms with E-state index >= 15 is 0 Å². The van der Waals surface area contributed by atoms with E-state index in [2.05, 4.69) is 11.1 Å². The predicted octanol–water partition coefficient (Wildman–Crippen LogP) is 3.37. The number of ether oxygens (including phenoxy) is 1. The summed E-state index contributed by atoms with van der Waals surface area (Å²) < 4.78 is 45.5. The lowest BCUT2D eigenvalue weighted by atomic mass is 9.84. The van der Waals surface area contributed by atoms with Crippen molar-refractivity contribution in [3.63, 3.8) is 0 Å². The molecule has 0 saturated carbocycles. The zero-order valence-corrected chi connectivity index (χ0v) is 13.5. The van der Waals surface area contributed by atoms with Gasteiger partial charge < -0.3 is 10.5 Å². The zero-order valence-electron chi connectivity index (χ0n) is 13.5. The molecule has 1 aliphatic heterocycles. The number of nitriles is 1. The van der Waals surface area contributed by atoms with Crippen LogP contribution in [0.2, 0.25) is 0 Å². The van der Waals surface area contributed by atoms with Crippen LogP contribution >= 0.6 is 0 Å². The van der Waals surface area contributed by atoms with Crippen molar-refractivity contribution in [2.45, 2.75) is 24.7 Å². The van der Waals surface area contributed by atoms with Gasteiger partial charge in [-0.3, -0.25) is 0 Å². The van der Waals surface area contributed by atoms with Gasteiger partial charge >= 0.3 is 0 Å². The van der Waals surface area contributed by atoms with Crippen molar-refractivity contribution in [2.75, 3.05) is 13.2 Å². The summed E-state index contributed by atoms with van der Waals surface area (Å²) in [5.74, 6) is -1.32. The molecule has 0 amide bonds. The van der Waals surface area contributed by atoms with Gasteiger partial charge in [0, 0.05) is 17.7 Å². The van der Waals surface area contributed by atoms with Crippen molar-refractivity contribution < 1.29 is 17.9 Å². The van der Waals surface area contributed by atoms with Crippen LogP contribution in [-0.2, 0) is 5.41 Å². The maximum Gasteiger partial charge on any atom is 0.248 e. The number of nitrogens with zero attached hydrogens (tertiary/aromatic N) is 2. The maximum absolute atomic E-state index is 13.3. The van der Waals surface area contributed by atoms with Gasteiger partial charge in [-0.1, -0.05) is 0 Å². The van der Waals surface area contributed by atoms with E-state index in [1.807, 2.05) is 0 Å². The minimum atomic E-state index is -2.69. The van der Waals surface area contributed by atoms with Crippen LogP contribution in [-0.4, -0.2) is 24.6 Å². The molecular formula is C18H16F3N3O. The van der Waals surface area contributed by atoms with E-state index in [-0.39, 0.29) is 18.8 Å². The summed E-state index contributed by atoms with van der Waals surface area (Å²) in [6, 6.07) is 9.13. The lowest BCUT2D eigenvalue weighted by Crippen LogP contribution is -2.23. The van der Waals surface area contributed by atoms with E-state index < -0.39 is 23.6 Å². The van der Waals surface area contributed by atoms with Crippen LogP contribution in [0.15, 0.2) is 30.3 Å². The fraction of sp³-hybridized carbons (Fsp3) is 0.333. The Morgan fingerprint density at radius 3 is 2.60 bits per heavy atom. The van der Waals surface area contributed by atoms with Crippen molar-refractivity contribution in [1.82, 2.24) is 4.98 Å². The minimum absolute atomic E-state index is 0.0974. The molecule has 0 radical (unpaired) electrons. The second kappa shape index (κ2) is 6.37. The van der Waals surface area contributed by atoms with Crippen molar-refractivity contribution in [1.29, 1.82) is 5.26 Å². The van der Waals surface area contributed by atoms with Crippen LogP contribution in [0.4, 0.5) is 13.2 Å². The van der Waals surface area contributed by atoms with Crippen LogP contribution in [0.1, 0.15) is 24.1 Å². The molecular weight excluding hydrogens is 331 g/mol. The zero-order chi connectivity index (χ0) is 18.2. The molecule has 1 unspecified atom stereocenters. The van der Waals surface area contributed by atoms with Gasteiger partial charge in [0.2, 0.25) is 6.43 Å². The highest BCUT2D eigenvalue weighted by molar-refractivity contribution is 5.71. The van der Waals surface area contributed by atoms with Gasteiger partial charge in [0.05, 0.1) is 17.7 Å². The molecule has 130 valence electrons. The van der Waals surface area contributed by atoms with Gasteiger partial charge in [-0.25, -0.2) is 18.2 Å². The summed E-state index contributed by atoms with van der Waals surface area (Å²) >= 11 is 0. The molecule has 7 heteroatoms. The molecule has 1 aliphatic rings. The predicted molar refractivity (Wildman–Crippen MR) is 85.9 cm³/mol. The average molecular weight is 347 g/mol. The number of pyridine rings is 1. The Hall–Kier alpha value is -2.59. The average Bonchev–Trinajstić information content (AvgIpc) is 2.93. The highest BCUT2D eigenvalue weighted by atomic mass is 19.3. The van der Waals surface area contributed by atoms with Gasteiger partial charge in [0.15, 0.2) is 5.75 Å². The Bertz CT molecular complexity index is 833. The van der Waals surface area contributed by atoms with Gasteiger partial charge in [0.1, 0.15) is 23.5 Å². The first-order chi connectivity index (χ1) is 11.9. The van der Waals surface area contributed by atoms with E-state index in [4.69, 9.17) is 10.5 Å². The summed E-state index contributed by atoms with van der Waals surface area (Å²) in [6.45, 7) is 1.49. The second-order valence-corrected chi connectivity index (χ2v) is 6.19. The number of hydrogen-bond donors (Lipinski definition) is 1. The number of benzene rings is 1. The van der Waals surface area contributed by atoms with Crippen LogP contribution in [0, 0.1) is 17.1 Å². The third-order valence-corrected chi connectivity index (χ3v) is 4.39. The molecule has 2 N–H and O–H groups in total. The van der Waals surface area contributed by atoms with E-state index in [9.17, 15) is 18.4 Å². The van der Waals surface area contributed by atoms with Gasteiger partial charge in [-0.2, -0.15) is 5.26 Å². The molecule has 0 bridgehead atoms. The Balaban J connectivity index is 2.24. The molecule has 4 nitrogen and oxygen atoms in total. The normalized spacial score (nSPS) is 20.0. The number of fused-ring (bicyclic) bond motifs is 1. The minimum Gasteiger partial charge on any atom is -0.489 e. The number of hydrogen-bond acceptors (Lipinski definition) is 4. The first-order valence-electron chi connectivity index (χ1n) is 7.73. The number of alkyl halides is 2. The summed E-state index contributed by atoms with van der Waals surface area (Å²) in [4.78, 5) is 4.32. The molecule has 3 rings (SSSR count). The monoisotopic (exact) mass is 347 g/mol. The molecule has 1 aromatic heterocycles. The molecule has 0 saturated heterocycles. The van der Waals surface area contributed by atoms with Crippen molar-refractivity contribution in [3.8, 4) is 23.1 Å². The molecule has 2 aromatic rings.